The van der Waals surface area contributed by atoms with Crippen LogP contribution in [0.1, 0.15) is 0 Å². The number of nitrogens with one attached hydrogen (secondary N) is 1. The predicted molar refractivity (Wildman–Crippen MR) is 33.1 cm³/mol. The van der Waals surface area contributed by atoms with Crippen molar-refractivity contribution in [1.82, 2.24) is 4.13 Å². The second-order valence-corrected chi connectivity index (χ2v) is 5.59. The van der Waals surface area contributed by atoms with E-state index >= 15 is 0 Å². The summed E-state index contributed by atoms with van der Waals surface area (Å²) in [5.74, 6) is 0. The fraction of sp³-hybridized carbons (Fsp3) is 1.00. The first-order valence-electron chi connectivity index (χ1n) is 2.62. The molecule has 0 aromatic rings. The Morgan fingerprint density at radius 3 is 1.00 bits per heavy atom. The Balaban J connectivity index is 0. The molecule has 98 valence electrons. The summed E-state index contributed by atoms with van der Waals surface area (Å²) in [6.07, 6.45) is 0. The molecule has 5 nitrogen and oxygen atoms in total. The summed E-state index contributed by atoms with van der Waals surface area (Å²) in [5.41, 5.74) is -12.3. The van der Waals surface area contributed by atoms with Crippen LogP contribution >= 0.6 is 0 Å². The minimum Gasteiger partial charge on any atom is -0.202 e. The van der Waals surface area contributed by atoms with Crippen molar-refractivity contribution in [2.24, 2.45) is 0 Å². The molecule has 0 amide bonds. The molecule has 0 saturated heterocycles. The molecule has 0 atom stereocenters. The smallest absolute Gasteiger partial charge is 0.202 e. The molecule has 16 heavy (non-hydrogen) atoms. The Morgan fingerprint density at radius 2 is 0.875 bits per heavy atom. The van der Waals surface area contributed by atoms with E-state index in [1.54, 1.807) is 0 Å². The van der Waals surface area contributed by atoms with Gasteiger partial charge in [-0.2, -0.15) is 26.3 Å². The van der Waals surface area contributed by atoms with Crippen molar-refractivity contribution < 1.29 is 60.5 Å². The zero-order chi connectivity index (χ0) is 12.7. The van der Waals surface area contributed by atoms with Crippen LogP contribution in [0.2, 0.25) is 0 Å². The molecule has 0 aromatic heterocycles. The van der Waals surface area contributed by atoms with E-state index in [0.29, 0.717) is 0 Å². The van der Waals surface area contributed by atoms with Crippen LogP contribution in [0, 0.1) is 0 Å². The van der Waals surface area contributed by atoms with Gasteiger partial charge in [-0.15, -0.1) is 0 Å². The molecule has 1 N–H and O–H groups in total. The summed E-state index contributed by atoms with van der Waals surface area (Å²) in [4.78, 5) is 0. The van der Waals surface area contributed by atoms with Gasteiger partial charge < -0.3 is 0 Å². The Kier molecular flexibility index (Phi) is 5.37. The molecule has 0 spiro atoms. The van der Waals surface area contributed by atoms with Crippen molar-refractivity contribution in [2.75, 3.05) is 0 Å². The molecular weight excluding hydrogens is 332 g/mol. The van der Waals surface area contributed by atoms with E-state index in [2.05, 4.69) is 0 Å². The van der Waals surface area contributed by atoms with Gasteiger partial charge >= 0.3 is 31.1 Å². The molecule has 0 unspecified atom stereocenters. The monoisotopic (exact) mass is 333 g/mol. The summed E-state index contributed by atoms with van der Waals surface area (Å²) in [5, 5.41) is 0. The van der Waals surface area contributed by atoms with Crippen LogP contribution in [0.4, 0.5) is 26.3 Å². The molecule has 0 aliphatic rings. The zero-order valence-electron chi connectivity index (χ0n) is 6.63. The van der Waals surface area contributed by atoms with Gasteiger partial charge in [0.25, 0.3) is 0 Å². The number of hydrogen-bond donors (Lipinski definition) is 1. The number of alkyl halides is 6. The average Bonchev–Trinajstić information content (AvgIpc) is 1.77. The van der Waals surface area contributed by atoms with Gasteiger partial charge in [-0.1, -0.05) is 4.13 Å². The topological polar surface area (TPSA) is 80.3 Å². The van der Waals surface area contributed by atoms with Gasteiger partial charge in [0.05, 0.1) is 0 Å². The third-order valence-corrected chi connectivity index (χ3v) is 3.80. The quantitative estimate of drug-likeness (QED) is 0.736. The fourth-order valence-corrected chi connectivity index (χ4v) is 2.15. The van der Waals surface area contributed by atoms with Crippen molar-refractivity contribution in [2.45, 2.75) is 11.0 Å². The Morgan fingerprint density at radius 1 is 0.688 bits per heavy atom. The minimum atomic E-state index is -6.60. The predicted octanol–water partition coefficient (Wildman–Crippen LogP) is 0.273. The van der Waals surface area contributed by atoms with E-state index in [0.717, 1.165) is 0 Å². The van der Waals surface area contributed by atoms with Crippen LogP contribution in [-0.2, 0) is 37.4 Å². The number of rotatable bonds is 2. The molecule has 0 fully saturated rings. The number of halogens is 6. The minimum absolute atomic E-state index is 0. The van der Waals surface area contributed by atoms with Crippen molar-refractivity contribution in [3.05, 3.63) is 0 Å². The summed E-state index contributed by atoms with van der Waals surface area (Å²) >= 11 is 0. The van der Waals surface area contributed by atoms with Crippen molar-refractivity contribution in [3.63, 3.8) is 0 Å². The number of hydrogen-bond acceptors (Lipinski definition) is 4. The molecule has 0 saturated carbocycles. The normalized spacial score (nSPS) is 14.4. The van der Waals surface area contributed by atoms with E-state index in [4.69, 9.17) is 0 Å². The fourth-order valence-electron chi connectivity index (χ4n) is 0.239. The largest absolute Gasteiger partial charge is 0.512 e. The van der Waals surface area contributed by atoms with Gasteiger partial charge in [-0.05, 0) is 0 Å². The summed E-state index contributed by atoms with van der Waals surface area (Å²) < 4.78 is 108. The molecule has 0 heterocycles. The van der Waals surface area contributed by atoms with Gasteiger partial charge in [-0.25, -0.2) is 16.8 Å². The van der Waals surface area contributed by atoms with Crippen LogP contribution in [0.15, 0.2) is 0 Å². The summed E-state index contributed by atoms with van der Waals surface area (Å²) in [6.45, 7) is 0. The van der Waals surface area contributed by atoms with Gasteiger partial charge in [0, 0.05) is 17.4 Å². The van der Waals surface area contributed by atoms with Crippen molar-refractivity contribution in [3.8, 4) is 0 Å². The number of sulfonamides is 2. The maximum atomic E-state index is 11.5. The molecule has 0 aliphatic heterocycles. The second-order valence-electron chi connectivity index (χ2n) is 1.98. The third-order valence-electron chi connectivity index (χ3n) is 0.829. The molecule has 0 rings (SSSR count). The van der Waals surface area contributed by atoms with E-state index in [1.807, 2.05) is 0 Å². The molecule has 0 bridgehead atoms. The molecule has 0 aromatic carbocycles. The van der Waals surface area contributed by atoms with Gasteiger partial charge in [0.1, 0.15) is 0 Å². The van der Waals surface area contributed by atoms with Gasteiger partial charge in [0.15, 0.2) is 0 Å². The second kappa shape index (κ2) is 4.69. The molecule has 0 radical (unpaired) electrons. The van der Waals surface area contributed by atoms with E-state index in [9.17, 15) is 43.2 Å². The Labute approximate surface area is 96.0 Å². The van der Waals surface area contributed by atoms with E-state index < -0.39 is 35.2 Å². The van der Waals surface area contributed by atoms with Gasteiger partial charge in [0.2, 0.25) is 0 Å². The first kappa shape index (κ1) is 18.3. The third kappa shape index (κ3) is 4.09. The van der Waals surface area contributed by atoms with Crippen LogP contribution in [-0.4, -0.2) is 27.9 Å². The SMILES string of the molecule is O=S(=O)(NS(=O)(=O)C(F)(F)F)C(F)(F)F.[Cr]. The zero-order valence-corrected chi connectivity index (χ0v) is 9.53. The summed E-state index contributed by atoms with van der Waals surface area (Å²) in [7, 11) is -13.2. The van der Waals surface area contributed by atoms with E-state index in [-0.39, 0.29) is 17.4 Å². The van der Waals surface area contributed by atoms with Crippen LogP contribution in [0.5, 0.6) is 0 Å². The van der Waals surface area contributed by atoms with Crippen molar-refractivity contribution >= 4 is 20.0 Å². The molecule has 0 aliphatic carbocycles. The Hall–Kier alpha value is -0.0275. The summed E-state index contributed by atoms with van der Waals surface area (Å²) in [6, 6.07) is 0. The van der Waals surface area contributed by atoms with E-state index in [1.165, 1.54) is 0 Å². The van der Waals surface area contributed by atoms with Crippen molar-refractivity contribution in [1.29, 1.82) is 0 Å². The molecular formula is C2HCrF6NO4S2. The molecule has 14 heteroatoms. The first-order chi connectivity index (χ1) is 6.21. The van der Waals surface area contributed by atoms with Crippen LogP contribution in [0.3, 0.4) is 0 Å². The van der Waals surface area contributed by atoms with Gasteiger partial charge in [-0.3, -0.25) is 0 Å². The first-order valence-corrected chi connectivity index (χ1v) is 5.58. The maximum absolute atomic E-state index is 11.5. The maximum Gasteiger partial charge on any atom is 0.512 e. The Bertz CT molecular complexity index is 390. The average molecular weight is 333 g/mol. The van der Waals surface area contributed by atoms with Crippen LogP contribution in [0.25, 0.3) is 0 Å². The standard InChI is InChI=1S/C2HF6NO4S2.Cr/c3-1(4,5)14(10,11)9-15(12,13)2(6,7)8;/h9H;. The van der Waals surface area contributed by atoms with Crippen LogP contribution < -0.4 is 4.13 Å².